The number of rotatable bonds is 7. The second-order valence-corrected chi connectivity index (χ2v) is 10.1. The highest BCUT2D eigenvalue weighted by atomic mass is 35.5. The number of aliphatic imine (C=N–C) groups is 1. The van der Waals surface area contributed by atoms with Crippen LogP contribution in [0.2, 0.25) is 15.1 Å². The molecule has 0 saturated carbocycles. The molecule has 4 rings (SSSR count). The van der Waals surface area contributed by atoms with Crippen LogP contribution in [0.5, 0.6) is 5.75 Å². The summed E-state index contributed by atoms with van der Waals surface area (Å²) >= 11 is 19.8. The number of amides is 1. The summed E-state index contributed by atoms with van der Waals surface area (Å²) in [5, 5.41) is 1.98. The SMILES string of the molecule is CCOC(=O)c1ccc(N=C2S/C(=C\c3ccc(OCc4ccc(Cl)cc4Cl)c(Cl)c3)C(=O)N2C)cc1. The van der Waals surface area contributed by atoms with Crippen LogP contribution in [0, 0.1) is 0 Å². The Morgan fingerprint density at radius 2 is 1.78 bits per heavy atom. The van der Waals surface area contributed by atoms with Crippen molar-refractivity contribution in [1.29, 1.82) is 0 Å². The number of likely N-dealkylation sites (N-methyl/N-ethyl adjacent to an activating group) is 1. The van der Waals surface area contributed by atoms with Gasteiger partial charge in [0.15, 0.2) is 5.17 Å². The highest BCUT2D eigenvalue weighted by molar-refractivity contribution is 8.18. The van der Waals surface area contributed by atoms with E-state index in [9.17, 15) is 9.59 Å². The largest absolute Gasteiger partial charge is 0.487 e. The number of benzene rings is 3. The van der Waals surface area contributed by atoms with Gasteiger partial charge in [-0.15, -0.1) is 0 Å². The summed E-state index contributed by atoms with van der Waals surface area (Å²) in [5.74, 6) is -0.0788. The number of nitrogens with zero attached hydrogens (tertiary/aromatic N) is 2. The van der Waals surface area contributed by atoms with E-state index in [0.717, 1.165) is 11.1 Å². The molecule has 0 atom stereocenters. The van der Waals surface area contributed by atoms with Gasteiger partial charge in [0.25, 0.3) is 5.91 Å². The number of amidine groups is 1. The second-order valence-electron chi connectivity index (χ2n) is 7.85. The molecule has 0 spiro atoms. The van der Waals surface area contributed by atoms with E-state index in [1.54, 1.807) is 74.6 Å². The summed E-state index contributed by atoms with van der Waals surface area (Å²) in [4.78, 5) is 31.2. The molecule has 0 N–H and O–H groups in total. The van der Waals surface area contributed by atoms with Crippen molar-refractivity contribution in [3.63, 3.8) is 0 Å². The Kier molecular flexibility index (Phi) is 8.82. The van der Waals surface area contributed by atoms with Gasteiger partial charge in [-0.25, -0.2) is 9.79 Å². The lowest BCUT2D eigenvalue weighted by Gasteiger charge is -2.10. The van der Waals surface area contributed by atoms with Crippen molar-refractivity contribution >= 4 is 75.4 Å². The van der Waals surface area contributed by atoms with Gasteiger partial charge in [-0.1, -0.05) is 46.9 Å². The average molecular weight is 576 g/mol. The predicted octanol–water partition coefficient (Wildman–Crippen LogP) is 7.64. The quantitative estimate of drug-likeness (QED) is 0.214. The van der Waals surface area contributed by atoms with Crippen molar-refractivity contribution < 1.29 is 19.1 Å². The van der Waals surface area contributed by atoms with Gasteiger partial charge in [0, 0.05) is 22.7 Å². The Labute approximate surface area is 233 Å². The summed E-state index contributed by atoms with van der Waals surface area (Å²) in [6, 6.07) is 17.2. The van der Waals surface area contributed by atoms with Crippen molar-refractivity contribution in [3.8, 4) is 5.75 Å². The van der Waals surface area contributed by atoms with E-state index in [1.165, 1.54) is 16.7 Å². The Bertz CT molecular complexity index is 1410. The molecule has 3 aromatic carbocycles. The van der Waals surface area contributed by atoms with Gasteiger partial charge >= 0.3 is 5.97 Å². The molecule has 1 fully saturated rings. The monoisotopic (exact) mass is 574 g/mol. The number of halogens is 3. The standard InChI is InChI=1S/C27H21Cl3N2O4S/c1-3-35-26(34)17-6-9-20(10-7-17)31-27-32(2)25(33)24(37-27)13-16-4-11-23(22(30)12-16)36-15-18-5-8-19(28)14-21(18)29/h4-14H,3,15H2,1-2H3/b24-13-,31-27?. The highest BCUT2D eigenvalue weighted by Crippen LogP contribution is 2.35. The zero-order chi connectivity index (χ0) is 26.5. The smallest absolute Gasteiger partial charge is 0.338 e. The van der Waals surface area contributed by atoms with E-state index < -0.39 is 5.97 Å². The van der Waals surface area contributed by atoms with Gasteiger partial charge in [-0.05, 0) is 78.9 Å². The van der Waals surface area contributed by atoms with Crippen LogP contribution in [0.15, 0.2) is 70.6 Å². The molecule has 1 heterocycles. The Hall–Kier alpha value is -2.97. The molecular formula is C27H21Cl3N2O4S. The average Bonchev–Trinajstić information content (AvgIpc) is 3.12. The molecule has 1 aliphatic rings. The second kappa shape index (κ2) is 12.0. The van der Waals surface area contributed by atoms with Gasteiger partial charge in [0.2, 0.25) is 0 Å². The van der Waals surface area contributed by atoms with Gasteiger partial charge in [-0.2, -0.15) is 0 Å². The first-order valence-electron chi connectivity index (χ1n) is 11.1. The predicted molar refractivity (Wildman–Crippen MR) is 150 cm³/mol. The third-order valence-corrected chi connectivity index (χ3v) is 7.20. The third-order valence-electron chi connectivity index (χ3n) is 5.26. The molecule has 37 heavy (non-hydrogen) atoms. The number of hydrogen-bond acceptors (Lipinski definition) is 6. The summed E-state index contributed by atoms with van der Waals surface area (Å²) in [6.07, 6.45) is 1.75. The Morgan fingerprint density at radius 1 is 1.03 bits per heavy atom. The van der Waals surface area contributed by atoms with Gasteiger partial charge in [0.1, 0.15) is 12.4 Å². The van der Waals surface area contributed by atoms with Crippen LogP contribution in [0.4, 0.5) is 5.69 Å². The van der Waals surface area contributed by atoms with E-state index >= 15 is 0 Å². The van der Waals surface area contributed by atoms with E-state index in [0.29, 0.717) is 48.7 Å². The fraction of sp³-hybridized carbons (Fsp3) is 0.148. The number of ether oxygens (including phenoxy) is 2. The fourth-order valence-corrected chi connectivity index (χ4v) is 5.01. The molecular weight excluding hydrogens is 555 g/mol. The maximum Gasteiger partial charge on any atom is 0.338 e. The molecule has 0 aromatic heterocycles. The molecule has 0 radical (unpaired) electrons. The van der Waals surface area contributed by atoms with E-state index in [2.05, 4.69) is 4.99 Å². The lowest BCUT2D eigenvalue weighted by molar-refractivity contribution is -0.121. The Balaban J connectivity index is 1.46. The van der Waals surface area contributed by atoms with Gasteiger partial charge in [0.05, 0.1) is 27.8 Å². The maximum atomic E-state index is 12.8. The first-order chi connectivity index (χ1) is 17.7. The van der Waals surface area contributed by atoms with Crippen LogP contribution in [0.25, 0.3) is 6.08 Å². The number of carbonyl (C=O) groups excluding carboxylic acids is 2. The maximum absolute atomic E-state index is 12.8. The van der Waals surface area contributed by atoms with E-state index in [-0.39, 0.29) is 12.5 Å². The van der Waals surface area contributed by atoms with Crippen LogP contribution in [0.1, 0.15) is 28.4 Å². The van der Waals surface area contributed by atoms with Crippen molar-refractivity contribution in [2.45, 2.75) is 13.5 Å². The number of carbonyl (C=O) groups is 2. The normalized spacial score (nSPS) is 15.5. The fourth-order valence-electron chi connectivity index (χ4n) is 3.32. The zero-order valence-corrected chi connectivity index (χ0v) is 22.9. The third kappa shape index (κ3) is 6.67. The van der Waals surface area contributed by atoms with E-state index in [1.807, 2.05) is 6.07 Å². The summed E-state index contributed by atoms with van der Waals surface area (Å²) < 4.78 is 10.8. The molecule has 0 bridgehead atoms. The highest BCUT2D eigenvalue weighted by Gasteiger charge is 2.30. The summed E-state index contributed by atoms with van der Waals surface area (Å²) in [7, 11) is 1.66. The minimum absolute atomic E-state index is 0.180. The molecule has 1 amide bonds. The topological polar surface area (TPSA) is 68.2 Å². The molecule has 6 nitrogen and oxygen atoms in total. The molecule has 1 aliphatic heterocycles. The number of hydrogen-bond donors (Lipinski definition) is 0. The molecule has 3 aromatic rings. The molecule has 1 saturated heterocycles. The van der Waals surface area contributed by atoms with Crippen LogP contribution >= 0.6 is 46.6 Å². The van der Waals surface area contributed by atoms with Crippen LogP contribution in [-0.4, -0.2) is 35.6 Å². The summed E-state index contributed by atoms with van der Waals surface area (Å²) in [6.45, 7) is 2.29. The van der Waals surface area contributed by atoms with Crippen LogP contribution in [0.3, 0.4) is 0 Å². The molecule has 190 valence electrons. The van der Waals surface area contributed by atoms with Crippen molar-refractivity contribution in [2.75, 3.05) is 13.7 Å². The summed E-state index contributed by atoms with van der Waals surface area (Å²) in [5.41, 5.74) is 2.58. The molecule has 10 heteroatoms. The Morgan fingerprint density at radius 3 is 2.46 bits per heavy atom. The lowest BCUT2D eigenvalue weighted by Crippen LogP contribution is -2.23. The minimum Gasteiger partial charge on any atom is -0.487 e. The van der Waals surface area contributed by atoms with Crippen LogP contribution < -0.4 is 4.74 Å². The minimum atomic E-state index is -0.390. The first kappa shape index (κ1) is 27.1. The van der Waals surface area contributed by atoms with Gasteiger partial charge in [-0.3, -0.25) is 9.69 Å². The lowest BCUT2D eigenvalue weighted by atomic mass is 10.2. The van der Waals surface area contributed by atoms with Crippen molar-refractivity contribution in [3.05, 3.63) is 97.3 Å². The van der Waals surface area contributed by atoms with Crippen molar-refractivity contribution in [1.82, 2.24) is 4.90 Å². The zero-order valence-electron chi connectivity index (χ0n) is 19.8. The number of esters is 1. The van der Waals surface area contributed by atoms with Gasteiger partial charge < -0.3 is 9.47 Å². The van der Waals surface area contributed by atoms with E-state index in [4.69, 9.17) is 44.3 Å². The van der Waals surface area contributed by atoms with Crippen LogP contribution in [-0.2, 0) is 16.1 Å². The first-order valence-corrected chi connectivity index (χ1v) is 13.1. The molecule has 0 unspecified atom stereocenters. The number of thioether (sulfide) groups is 1. The molecule has 0 aliphatic carbocycles. The van der Waals surface area contributed by atoms with Crippen molar-refractivity contribution in [2.24, 2.45) is 4.99 Å².